The van der Waals surface area contributed by atoms with E-state index in [9.17, 15) is 14.7 Å². The molecule has 0 radical (unpaired) electrons. The van der Waals surface area contributed by atoms with Crippen LogP contribution in [0.15, 0.2) is 29.3 Å². The number of amides is 1. The van der Waals surface area contributed by atoms with Gasteiger partial charge in [0.25, 0.3) is 0 Å². The van der Waals surface area contributed by atoms with E-state index in [1.807, 2.05) is 0 Å². The molecule has 1 aromatic rings. The maximum absolute atomic E-state index is 12.1. The van der Waals surface area contributed by atoms with Gasteiger partial charge in [0.05, 0.1) is 6.04 Å². The smallest absolute Gasteiger partial charge is 0.326 e. The highest BCUT2D eigenvalue weighted by molar-refractivity contribution is 5.87. The van der Waals surface area contributed by atoms with Crippen LogP contribution >= 0.6 is 0 Å². The van der Waals surface area contributed by atoms with E-state index < -0.39 is 24.0 Å². The van der Waals surface area contributed by atoms with Crippen LogP contribution in [0, 0.1) is 0 Å². The molecule has 0 bridgehead atoms. The standard InChI is InChI=1S/C15H23N5O4/c16-11(8-9-3-5-10(21)6-4-9)13(22)20-12(14(23)24)2-1-7-19-15(17)18/h3-6,11-12,21H,1-2,7-8,16H2,(H,20,22)(H,23,24)(H4,17,18,19)/t11-,12+/m1/s1. The molecule has 0 saturated carbocycles. The van der Waals surface area contributed by atoms with E-state index in [1.54, 1.807) is 12.1 Å². The molecule has 0 fully saturated rings. The summed E-state index contributed by atoms with van der Waals surface area (Å²) in [5.74, 6) is -1.66. The third kappa shape index (κ3) is 6.97. The number of nitrogens with zero attached hydrogens (tertiary/aromatic N) is 1. The number of guanidine groups is 1. The average molecular weight is 337 g/mol. The Hall–Kier alpha value is -2.81. The molecule has 0 unspecified atom stereocenters. The van der Waals surface area contributed by atoms with E-state index in [4.69, 9.17) is 22.3 Å². The first-order valence-electron chi connectivity index (χ1n) is 7.41. The first kappa shape index (κ1) is 19.2. The number of hydrogen-bond donors (Lipinski definition) is 6. The van der Waals surface area contributed by atoms with Crippen LogP contribution < -0.4 is 22.5 Å². The molecule has 0 heterocycles. The Bertz CT molecular complexity index is 584. The van der Waals surface area contributed by atoms with Crippen LogP contribution in [0.2, 0.25) is 0 Å². The van der Waals surface area contributed by atoms with Gasteiger partial charge in [-0.1, -0.05) is 12.1 Å². The summed E-state index contributed by atoms with van der Waals surface area (Å²) in [5.41, 5.74) is 16.9. The van der Waals surface area contributed by atoms with Crippen molar-refractivity contribution < 1.29 is 19.8 Å². The van der Waals surface area contributed by atoms with Gasteiger partial charge in [0.15, 0.2) is 5.96 Å². The van der Waals surface area contributed by atoms with Gasteiger partial charge in [0, 0.05) is 6.54 Å². The summed E-state index contributed by atoms with van der Waals surface area (Å²) in [6, 6.07) is 4.32. The molecule has 132 valence electrons. The molecule has 9 nitrogen and oxygen atoms in total. The molecule has 0 aliphatic carbocycles. The second-order valence-electron chi connectivity index (χ2n) is 5.33. The van der Waals surface area contributed by atoms with Crippen LogP contribution in [-0.4, -0.2) is 46.7 Å². The third-order valence-corrected chi connectivity index (χ3v) is 3.29. The number of nitrogens with one attached hydrogen (secondary N) is 1. The van der Waals surface area contributed by atoms with Gasteiger partial charge >= 0.3 is 5.97 Å². The Morgan fingerprint density at radius 1 is 1.21 bits per heavy atom. The van der Waals surface area contributed by atoms with Gasteiger partial charge in [-0.2, -0.15) is 0 Å². The molecule has 0 aliphatic heterocycles. The highest BCUT2D eigenvalue weighted by Crippen LogP contribution is 2.11. The van der Waals surface area contributed by atoms with Crippen molar-refractivity contribution in [3.8, 4) is 5.75 Å². The molecule has 9 N–H and O–H groups in total. The van der Waals surface area contributed by atoms with Crippen molar-refractivity contribution >= 4 is 17.8 Å². The fourth-order valence-electron chi connectivity index (χ4n) is 2.02. The number of aliphatic imine (C=N–C) groups is 1. The number of aromatic hydroxyl groups is 1. The maximum atomic E-state index is 12.1. The molecule has 2 atom stereocenters. The largest absolute Gasteiger partial charge is 0.508 e. The molecule has 1 aromatic carbocycles. The van der Waals surface area contributed by atoms with Crippen LogP contribution in [0.1, 0.15) is 18.4 Å². The number of aliphatic carboxylic acids is 1. The van der Waals surface area contributed by atoms with E-state index >= 15 is 0 Å². The number of phenols is 1. The van der Waals surface area contributed by atoms with Gasteiger partial charge in [0.2, 0.25) is 5.91 Å². The molecular formula is C15H23N5O4. The van der Waals surface area contributed by atoms with Gasteiger partial charge in [-0.25, -0.2) is 4.79 Å². The Morgan fingerprint density at radius 2 is 1.83 bits per heavy atom. The molecular weight excluding hydrogens is 314 g/mol. The van der Waals surface area contributed by atoms with Crippen LogP contribution in [0.5, 0.6) is 5.75 Å². The summed E-state index contributed by atoms with van der Waals surface area (Å²) < 4.78 is 0. The normalized spacial score (nSPS) is 12.9. The lowest BCUT2D eigenvalue weighted by Crippen LogP contribution is -2.49. The minimum atomic E-state index is -1.15. The fourth-order valence-corrected chi connectivity index (χ4v) is 2.02. The lowest BCUT2D eigenvalue weighted by Gasteiger charge is -2.17. The molecule has 1 rings (SSSR count). The number of hydrogen-bond acceptors (Lipinski definition) is 5. The van der Waals surface area contributed by atoms with Crippen molar-refractivity contribution in [1.82, 2.24) is 5.32 Å². The first-order chi connectivity index (χ1) is 11.3. The van der Waals surface area contributed by atoms with E-state index in [0.29, 0.717) is 6.42 Å². The number of rotatable bonds is 9. The molecule has 24 heavy (non-hydrogen) atoms. The lowest BCUT2D eigenvalue weighted by molar-refractivity contribution is -0.142. The predicted octanol–water partition coefficient (Wildman–Crippen LogP) is -1.11. The minimum absolute atomic E-state index is 0.0677. The SMILES string of the molecule is NC(N)=NCCC[C@H](NC(=O)[C@H](N)Cc1ccc(O)cc1)C(=O)O. The van der Waals surface area contributed by atoms with Gasteiger partial charge in [-0.05, 0) is 37.0 Å². The molecule has 0 aromatic heterocycles. The van der Waals surface area contributed by atoms with Crippen LogP contribution in [0.4, 0.5) is 0 Å². The van der Waals surface area contributed by atoms with E-state index in [0.717, 1.165) is 5.56 Å². The van der Waals surface area contributed by atoms with Crippen LogP contribution in [0.25, 0.3) is 0 Å². The number of carboxylic acids is 1. The summed E-state index contributed by atoms with van der Waals surface area (Å²) in [6.45, 7) is 0.279. The number of benzene rings is 1. The van der Waals surface area contributed by atoms with Crippen molar-refractivity contribution in [2.24, 2.45) is 22.2 Å². The number of phenolic OH excluding ortho intramolecular Hbond substituents is 1. The Balaban J connectivity index is 2.52. The zero-order chi connectivity index (χ0) is 18.1. The van der Waals surface area contributed by atoms with Crippen LogP contribution in [-0.2, 0) is 16.0 Å². The third-order valence-electron chi connectivity index (χ3n) is 3.29. The molecule has 0 aliphatic rings. The predicted molar refractivity (Wildman–Crippen MR) is 89.3 cm³/mol. The van der Waals surface area contributed by atoms with Crippen LogP contribution in [0.3, 0.4) is 0 Å². The Labute approximate surface area is 139 Å². The zero-order valence-electron chi connectivity index (χ0n) is 13.2. The molecule has 0 spiro atoms. The number of carboxylic acid groups (broad SMARTS) is 1. The number of nitrogens with two attached hydrogens (primary N) is 3. The van der Waals surface area contributed by atoms with E-state index in [-0.39, 0.29) is 31.1 Å². The monoisotopic (exact) mass is 337 g/mol. The van der Waals surface area contributed by atoms with Gasteiger partial charge < -0.3 is 32.7 Å². The lowest BCUT2D eigenvalue weighted by atomic mass is 10.0. The van der Waals surface area contributed by atoms with Crippen molar-refractivity contribution in [1.29, 1.82) is 0 Å². The quantitative estimate of drug-likeness (QED) is 0.188. The van der Waals surface area contributed by atoms with Crippen molar-refractivity contribution in [2.75, 3.05) is 6.54 Å². The van der Waals surface area contributed by atoms with E-state index in [1.165, 1.54) is 12.1 Å². The summed E-state index contributed by atoms with van der Waals surface area (Å²) in [6.07, 6.45) is 0.818. The molecule has 0 saturated heterocycles. The topological polar surface area (TPSA) is 177 Å². The number of carbonyl (C=O) groups excluding carboxylic acids is 1. The fraction of sp³-hybridized carbons (Fsp3) is 0.400. The zero-order valence-corrected chi connectivity index (χ0v) is 13.2. The molecule has 1 amide bonds. The second kappa shape index (κ2) is 9.36. The van der Waals surface area contributed by atoms with Gasteiger partial charge in [-0.15, -0.1) is 0 Å². The number of carbonyl (C=O) groups is 2. The highest BCUT2D eigenvalue weighted by atomic mass is 16.4. The summed E-state index contributed by atoms with van der Waals surface area (Å²) >= 11 is 0. The van der Waals surface area contributed by atoms with Crippen molar-refractivity contribution in [3.05, 3.63) is 29.8 Å². The Kier molecular flexibility index (Phi) is 7.50. The maximum Gasteiger partial charge on any atom is 0.326 e. The van der Waals surface area contributed by atoms with Crippen molar-refractivity contribution in [3.63, 3.8) is 0 Å². The van der Waals surface area contributed by atoms with E-state index in [2.05, 4.69) is 10.3 Å². The summed E-state index contributed by atoms with van der Waals surface area (Å²) in [5, 5.41) is 20.8. The minimum Gasteiger partial charge on any atom is -0.508 e. The average Bonchev–Trinajstić information content (AvgIpc) is 2.51. The highest BCUT2D eigenvalue weighted by Gasteiger charge is 2.23. The van der Waals surface area contributed by atoms with Gasteiger partial charge in [-0.3, -0.25) is 9.79 Å². The Morgan fingerprint density at radius 3 is 2.38 bits per heavy atom. The second-order valence-corrected chi connectivity index (χ2v) is 5.33. The first-order valence-corrected chi connectivity index (χ1v) is 7.41. The van der Waals surface area contributed by atoms with Gasteiger partial charge in [0.1, 0.15) is 11.8 Å². The molecule has 9 heteroatoms. The summed E-state index contributed by atoms with van der Waals surface area (Å²) in [4.78, 5) is 27.0. The van der Waals surface area contributed by atoms with Crippen molar-refractivity contribution in [2.45, 2.75) is 31.3 Å². The summed E-state index contributed by atoms with van der Waals surface area (Å²) in [7, 11) is 0.